The number of rotatable bonds is 8. The number of nitrogens with one attached hydrogen (secondary N) is 2. The molecule has 3 aliphatic rings. The third-order valence-corrected chi connectivity index (χ3v) is 5.77. The second kappa shape index (κ2) is 9.18. The highest BCUT2D eigenvalue weighted by molar-refractivity contribution is 5.82. The van der Waals surface area contributed by atoms with Crippen LogP contribution in [0.3, 0.4) is 0 Å². The Balaban J connectivity index is 1.42. The molecule has 3 rings (SSSR count). The van der Waals surface area contributed by atoms with Crippen LogP contribution in [0.4, 0.5) is 0 Å². The van der Waals surface area contributed by atoms with Crippen LogP contribution in [0.5, 0.6) is 0 Å². The Morgan fingerprint density at radius 3 is 2.65 bits per heavy atom. The van der Waals surface area contributed by atoms with Crippen LogP contribution >= 0.6 is 0 Å². The first-order valence-electron chi connectivity index (χ1n) is 10.6. The van der Waals surface area contributed by atoms with Gasteiger partial charge in [0, 0.05) is 25.7 Å². The van der Waals surface area contributed by atoms with E-state index < -0.39 is 0 Å². The van der Waals surface area contributed by atoms with E-state index in [2.05, 4.69) is 34.3 Å². The van der Waals surface area contributed by atoms with Gasteiger partial charge in [0.2, 0.25) is 11.8 Å². The summed E-state index contributed by atoms with van der Waals surface area (Å²) >= 11 is 0. The maximum Gasteiger partial charge on any atom is 0.237 e. The lowest BCUT2D eigenvalue weighted by Gasteiger charge is -2.34. The molecule has 0 aromatic heterocycles. The fourth-order valence-electron chi connectivity index (χ4n) is 4.25. The first-order chi connectivity index (χ1) is 12.5. The van der Waals surface area contributed by atoms with E-state index in [0.717, 1.165) is 58.4 Å². The molecule has 1 saturated carbocycles. The maximum absolute atomic E-state index is 12.8. The molecule has 2 aliphatic heterocycles. The predicted molar refractivity (Wildman–Crippen MR) is 103 cm³/mol. The Morgan fingerprint density at radius 2 is 2.00 bits per heavy atom. The zero-order valence-corrected chi connectivity index (χ0v) is 16.5. The van der Waals surface area contributed by atoms with Gasteiger partial charge in [0.05, 0.1) is 12.6 Å². The first-order valence-corrected chi connectivity index (χ1v) is 10.6. The van der Waals surface area contributed by atoms with Gasteiger partial charge < -0.3 is 15.5 Å². The van der Waals surface area contributed by atoms with Crippen LogP contribution in [0.15, 0.2) is 0 Å². The molecule has 0 aromatic carbocycles. The van der Waals surface area contributed by atoms with Crippen molar-refractivity contribution in [3.63, 3.8) is 0 Å². The smallest absolute Gasteiger partial charge is 0.237 e. The lowest BCUT2D eigenvalue weighted by atomic mass is 9.97. The van der Waals surface area contributed by atoms with E-state index in [1.807, 2.05) is 0 Å². The predicted octanol–water partition coefficient (Wildman–Crippen LogP) is 1.21. The van der Waals surface area contributed by atoms with Crippen LogP contribution in [0.25, 0.3) is 0 Å². The van der Waals surface area contributed by atoms with Gasteiger partial charge in [0.1, 0.15) is 0 Å². The van der Waals surface area contributed by atoms with Crippen molar-refractivity contribution in [2.24, 2.45) is 11.8 Å². The monoisotopic (exact) mass is 364 g/mol. The van der Waals surface area contributed by atoms with Gasteiger partial charge >= 0.3 is 0 Å². The molecule has 2 atom stereocenters. The Bertz CT molecular complexity index is 486. The van der Waals surface area contributed by atoms with Crippen LogP contribution in [0.2, 0.25) is 0 Å². The van der Waals surface area contributed by atoms with Crippen LogP contribution in [-0.2, 0) is 9.59 Å². The second-order valence-corrected chi connectivity index (χ2v) is 8.81. The normalized spacial score (nSPS) is 26.9. The van der Waals surface area contributed by atoms with Crippen LogP contribution in [-0.4, -0.2) is 73.0 Å². The minimum Gasteiger partial charge on any atom is -0.354 e. The molecule has 2 N–H and O–H groups in total. The van der Waals surface area contributed by atoms with Crippen LogP contribution in [0.1, 0.15) is 52.4 Å². The molecule has 0 spiro atoms. The van der Waals surface area contributed by atoms with Gasteiger partial charge in [0.15, 0.2) is 0 Å². The van der Waals surface area contributed by atoms with Crippen molar-refractivity contribution in [3.05, 3.63) is 0 Å². The molecule has 3 fully saturated rings. The number of hydrogen-bond acceptors (Lipinski definition) is 4. The standard InChI is InChI=1S/C20H36N4O2/c1-15(2)12-24(17-7-8-17)19(25)14-23-10-4-5-16(13-23)11-22-20(26)18-6-3-9-21-18/h15-18,21H,3-14H2,1-2H3,(H,22,26). The van der Waals surface area contributed by atoms with Crippen molar-refractivity contribution in [3.8, 4) is 0 Å². The van der Waals surface area contributed by atoms with Crippen molar-refractivity contribution in [2.75, 3.05) is 39.3 Å². The van der Waals surface area contributed by atoms with Crippen molar-refractivity contribution in [2.45, 2.75) is 64.5 Å². The second-order valence-electron chi connectivity index (χ2n) is 8.81. The topological polar surface area (TPSA) is 64.7 Å². The molecule has 2 heterocycles. The zero-order chi connectivity index (χ0) is 18.5. The van der Waals surface area contributed by atoms with E-state index in [0.29, 0.717) is 30.3 Å². The quantitative estimate of drug-likeness (QED) is 0.680. The summed E-state index contributed by atoms with van der Waals surface area (Å²) in [6.07, 6.45) is 6.63. The average molecular weight is 365 g/mol. The summed E-state index contributed by atoms with van der Waals surface area (Å²) in [5.74, 6) is 1.42. The minimum absolute atomic E-state index is 0.000551. The van der Waals surface area contributed by atoms with E-state index in [4.69, 9.17) is 0 Å². The molecule has 26 heavy (non-hydrogen) atoms. The van der Waals surface area contributed by atoms with Crippen LogP contribution < -0.4 is 10.6 Å². The van der Waals surface area contributed by atoms with Crippen molar-refractivity contribution >= 4 is 11.8 Å². The molecule has 2 amide bonds. The molecule has 1 aliphatic carbocycles. The minimum atomic E-state index is -0.000551. The molecule has 6 heteroatoms. The summed E-state index contributed by atoms with van der Waals surface area (Å²) in [4.78, 5) is 29.4. The molecule has 0 bridgehead atoms. The third kappa shape index (κ3) is 5.68. The number of likely N-dealkylation sites (tertiary alicyclic amines) is 1. The number of amides is 2. The van der Waals surface area contributed by atoms with Crippen LogP contribution in [0, 0.1) is 11.8 Å². The average Bonchev–Trinajstić information content (AvgIpc) is 3.30. The van der Waals surface area contributed by atoms with E-state index >= 15 is 0 Å². The fourth-order valence-corrected chi connectivity index (χ4v) is 4.25. The Morgan fingerprint density at radius 1 is 1.19 bits per heavy atom. The first kappa shape index (κ1) is 19.6. The molecule has 148 valence electrons. The molecule has 2 saturated heterocycles. The van der Waals surface area contributed by atoms with Gasteiger partial charge in [-0.05, 0) is 63.5 Å². The van der Waals surface area contributed by atoms with Gasteiger partial charge in [0.25, 0.3) is 0 Å². The molecule has 6 nitrogen and oxygen atoms in total. The van der Waals surface area contributed by atoms with Gasteiger partial charge in [-0.2, -0.15) is 0 Å². The summed E-state index contributed by atoms with van der Waals surface area (Å²) in [6, 6.07) is 0.489. The Hall–Kier alpha value is -1.14. The highest BCUT2D eigenvalue weighted by Gasteiger charge is 2.34. The Labute approximate surface area is 158 Å². The lowest BCUT2D eigenvalue weighted by Crippen LogP contribution is -2.48. The van der Waals surface area contributed by atoms with Crippen molar-refractivity contribution in [1.82, 2.24) is 20.4 Å². The van der Waals surface area contributed by atoms with Crippen molar-refractivity contribution in [1.29, 1.82) is 0 Å². The zero-order valence-electron chi connectivity index (χ0n) is 16.5. The van der Waals surface area contributed by atoms with Crippen molar-refractivity contribution < 1.29 is 9.59 Å². The molecule has 2 unspecified atom stereocenters. The highest BCUT2D eigenvalue weighted by Crippen LogP contribution is 2.28. The third-order valence-electron chi connectivity index (χ3n) is 5.77. The van der Waals surface area contributed by atoms with Gasteiger partial charge in [-0.1, -0.05) is 13.8 Å². The molecular formula is C20H36N4O2. The van der Waals surface area contributed by atoms with E-state index in [1.54, 1.807) is 0 Å². The summed E-state index contributed by atoms with van der Waals surface area (Å²) in [5, 5.41) is 6.37. The number of hydrogen-bond donors (Lipinski definition) is 2. The lowest BCUT2D eigenvalue weighted by molar-refractivity contribution is -0.134. The summed E-state index contributed by atoms with van der Waals surface area (Å²) in [5.41, 5.74) is 0. The summed E-state index contributed by atoms with van der Waals surface area (Å²) in [7, 11) is 0. The molecule has 0 aromatic rings. The number of carbonyl (C=O) groups is 2. The van der Waals surface area contributed by atoms with E-state index in [-0.39, 0.29) is 11.9 Å². The molecular weight excluding hydrogens is 328 g/mol. The van der Waals surface area contributed by atoms with E-state index in [1.165, 1.54) is 12.8 Å². The summed E-state index contributed by atoms with van der Waals surface area (Å²) < 4.78 is 0. The largest absolute Gasteiger partial charge is 0.354 e. The summed E-state index contributed by atoms with van der Waals surface area (Å²) in [6.45, 7) is 9.39. The Kier molecular flexibility index (Phi) is 6.92. The highest BCUT2D eigenvalue weighted by atomic mass is 16.2. The van der Waals surface area contributed by atoms with E-state index in [9.17, 15) is 9.59 Å². The molecule has 0 radical (unpaired) electrons. The van der Waals surface area contributed by atoms with Gasteiger partial charge in [-0.3, -0.25) is 14.5 Å². The fraction of sp³-hybridized carbons (Fsp3) is 0.900. The SMILES string of the molecule is CC(C)CN(C(=O)CN1CCCC(CNC(=O)C2CCCN2)C1)C1CC1. The number of nitrogens with zero attached hydrogens (tertiary/aromatic N) is 2. The van der Waals surface area contributed by atoms with Gasteiger partial charge in [-0.15, -0.1) is 0 Å². The maximum atomic E-state index is 12.8. The number of piperidine rings is 1. The van der Waals surface area contributed by atoms with Gasteiger partial charge in [-0.25, -0.2) is 0 Å². The number of carbonyl (C=O) groups excluding carboxylic acids is 2.